The number of hydrogen-bond donors (Lipinski definition) is 2. The van der Waals surface area contributed by atoms with Crippen LogP contribution in [0.15, 0.2) is 18.2 Å². The molecule has 3 N–H and O–H groups in total. The van der Waals surface area contributed by atoms with Crippen LogP contribution in [0, 0.1) is 0 Å². The van der Waals surface area contributed by atoms with Crippen LogP contribution in [-0.4, -0.2) is 32.2 Å². The van der Waals surface area contributed by atoms with Crippen LogP contribution in [0.3, 0.4) is 0 Å². The molecule has 2 rings (SSSR count). The molecule has 1 aliphatic rings. The van der Waals surface area contributed by atoms with Gasteiger partial charge in [0.25, 0.3) is 5.91 Å². The van der Waals surface area contributed by atoms with Gasteiger partial charge in [-0.1, -0.05) is 6.07 Å². The average molecular weight is 250 g/mol. The zero-order valence-corrected chi connectivity index (χ0v) is 10.7. The molecule has 18 heavy (non-hydrogen) atoms. The molecule has 0 radical (unpaired) electrons. The van der Waals surface area contributed by atoms with Crippen molar-refractivity contribution in [3.8, 4) is 11.5 Å². The fourth-order valence-corrected chi connectivity index (χ4v) is 1.91. The van der Waals surface area contributed by atoms with Gasteiger partial charge < -0.3 is 20.5 Å². The first kappa shape index (κ1) is 12.7. The minimum Gasteiger partial charge on any atom is -0.493 e. The van der Waals surface area contributed by atoms with E-state index in [2.05, 4.69) is 5.32 Å². The summed E-state index contributed by atoms with van der Waals surface area (Å²) in [6, 6.07) is 5.23. The molecule has 0 unspecified atom stereocenters. The van der Waals surface area contributed by atoms with E-state index >= 15 is 0 Å². The monoisotopic (exact) mass is 250 g/mol. The third-order valence-corrected chi connectivity index (χ3v) is 3.27. The largest absolute Gasteiger partial charge is 0.493 e. The fourth-order valence-electron chi connectivity index (χ4n) is 1.91. The van der Waals surface area contributed by atoms with Gasteiger partial charge in [-0.25, -0.2) is 0 Å². The molecule has 0 spiro atoms. The quantitative estimate of drug-likeness (QED) is 0.815. The summed E-state index contributed by atoms with van der Waals surface area (Å²) in [4.78, 5) is 12.2. The van der Waals surface area contributed by atoms with Gasteiger partial charge in [0, 0.05) is 6.54 Å². The Labute approximate surface area is 106 Å². The van der Waals surface area contributed by atoms with E-state index in [9.17, 15) is 4.79 Å². The Balaban J connectivity index is 2.24. The summed E-state index contributed by atoms with van der Waals surface area (Å²) in [7, 11) is 3.06. The number of nitrogens with two attached hydrogens (primary N) is 1. The highest BCUT2D eigenvalue weighted by Gasteiger charge is 2.43. The van der Waals surface area contributed by atoms with E-state index in [-0.39, 0.29) is 11.4 Å². The molecule has 0 heterocycles. The number of hydrogen-bond acceptors (Lipinski definition) is 4. The zero-order valence-electron chi connectivity index (χ0n) is 10.7. The summed E-state index contributed by atoms with van der Waals surface area (Å²) in [6.07, 6.45) is 1.86. The number of amides is 1. The van der Waals surface area contributed by atoms with Crippen LogP contribution in [0.1, 0.15) is 23.2 Å². The molecule has 1 aromatic rings. The highest BCUT2D eigenvalue weighted by atomic mass is 16.5. The minimum absolute atomic E-state index is 0.172. The number of carbonyl (C=O) groups excluding carboxylic acids is 1. The Hall–Kier alpha value is -1.75. The standard InChI is InChI=1S/C13H18N2O3/c1-17-10-5-3-4-9(11(10)18-2)12(16)15-13(8-14)6-7-13/h3-5H,6-8,14H2,1-2H3,(H,15,16). The molecule has 5 nitrogen and oxygen atoms in total. The number of carbonyl (C=O) groups is 1. The van der Waals surface area contributed by atoms with Gasteiger partial charge >= 0.3 is 0 Å². The summed E-state index contributed by atoms with van der Waals surface area (Å²) in [5.41, 5.74) is 5.90. The van der Waals surface area contributed by atoms with E-state index in [4.69, 9.17) is 15.2 Å². The van der Waals surface area contributed by atoms with Crippen LogP contribution >= 0.6 is 0 Å². The highest BCUT2D eigenvalue weighted by Crippen LogP contribution is 2.36. The Morgan fingerprint density at radius 1 is 1.39 bits per heavy atom. The summed E-state index contributed by atoms with van der Waals surface area (Å²) >= 11 is 0. The lowest BCUT2D eigenvalue weighted by molar-refractivity contribution is 0.0929. The van der Waals surface area contributed by atoms with Crippen molar-refractivity contribution in [3.63, 3.8) is 0 Å². The summed E-state index contributed by atoms with van der Waals surface area (Å²) in [5.74, 6) is 0.821. The number of benzene rings is 1. The van der Waals surface area contributed by atoms with Crippen LogP contribution in [0.5, 0.6) is 11.5 Å². The molecular weight excluding hydrogens is 232 g/mol. The maximum absolute atomic E-state index is 12.2. The second-order valence-corrected chi connectivity index (χ2v) is 4.48. The van der Waals surface area contributed by atoms with Gasteiger partial charge in [-0.15, -0.1) is 0 Å². The normalized spacial score (nSPS) is 15.9. The van der Waals surface area contributed by atoms with Crippen LogP contribution in [0.2, 0.25) is 0 Å². The molecular formula is C13H18N2O3. The van der Waals surface area contributed by atoms with E-state index in [0.717, 1.165) is 12.8 Å². The number of para-hydroxylation sites is 1. The molecule has 1 aliphatic carbocycles. The number of rotatable bonds is 5. The second kappa shape index (κ2) is 4.86. The van der Waals surface area contributed by atoms with E-state index in [1.165, 1.54) is 7.11 Å². The van der Waals surface area contributed by atoms with Gasteiger partial charge in [-0.3, -0.25) is 4.79 Å². The van der Waals surface area contributed by atoms with Crippen LogP contribution in [0.25, 0.3) is 0 Å². The van der Waals surface area contributed by atoms with Gasteiger partial charge in [0.1, 0.15) is 0 Å². The van der Waals surface area contributed by atoms with Crippen LogP contribution in [0.4, 0.5) is 0 Å². The first-order valence-electron chi connectivity index (χ1n) is 5.89. The highest BCUT2D eigenvalue weighted by molar-refractivity contribution is 5.98. The van der Waals surface area contributed by atoms with E-state index in [1.807, 2.05) is 0 Å². The minimum atomic E-state index is -0.217. The second-order valence-electron chi connectivity index (χ2n) is 4.48. The van der Waals surface area contributed by atoms with E-state index < -0.39 is 0 Å². The SMILES string of the molecule is COc1cccc(C(=O)NC2(CN)CC2)c1OC. The van der Waals surface area contributed by atoms with Crippen molar-refractivity contribution in [2.75, 3.05) is 20.8 Å². The first-order chi connectivity index (χ1) is 8.65. The summed E-state index contributed by atoms with van der Waals surface area (Å²) in [5, 5.41) is 2.96. The van der Waals surface area contributed by atoms with Crippen molar-refractivity contribution in [3.05, 3.63) is 23.8 Å². The number of ether oxygens (including phenoxy) is 2. The molecule has 0 aliphatic heterocycles. The van der Waals surface area contributed by atoms with Crippen LogP contribution in [-0.2, 0) is 0 Å². The summed E-state index contributed by atoms with van der Waals surface area (Å²) < 4.78 is 10.4. The summed E-state index contributed by atoms with van der Waals surface area (Å²) in [6.45, 7) is 0.463. The smallest absolute Gasteiger partial charge is 0.255 e. The Kier molecular flexibility index (Phi) is 3.43. The third kappa shape index (κ3) is 2.26. The lowest BCUT2D eigenvalue weighted by atomic mass is 10.1. The molecule has 0 saturated heterocycles. The van der Waals surface area contributed by atoms with Crippen molar-refractivity contribution >= 4 is 5.91 Å². The molecule has 0 aromatic heterocycles. The molecule has 1 amide bonds. The van der Waals surface area contributed by atoms with E-state index in [1.54, 1.807) is 25.3 Å². The van der Waals surface area contributed by atoms with Crippen molar-refractivity contribution in [1.29, 1.82) is 0 Å². The molecule has 1 saturated carbocycles. The maximum atomic E-state index is 12.2. The molecule has 98 valence electrons. The lowest BCUT2D eigenvalue weighted by Crippen LogP contribution is -2.42. The molecule has 0 atom stereocenters. The van der Waals surface area contributed by atoms with Gasteiger partial charge in [0.15, 0.2) is 11.5 Å². The van der Waals surface area contributed by atoms with Crippen molar-refractivity contribution < 1.29 is 14.3 Å². The topological polar surface area (TPSA) is 73.6 Å². The Morgan fingerprint density at radius 2 is 2.11 bits per heavy atom. The van der Waals surface area contributed by atoms with Crippen molar-refractivity contribution in [2.24, 2.45) is 5.73 Å². The average Bonchev–Trinajstić information content (AvgIpc) is 3.17. The van der Waals surface area contributed by atoms with Crippen molar-refractivity contribution in [2.45, 2.75) is 18.4 Å². The van der Waals surface area contributed by atoms with Crippen molar-refractivity contribution in [1.82, 2.24) is 5.32 Å². The van der Waals surface area contributed by atoms with Gasteiger partial charge in [0.05, 0.1) is 25.3 Å². The molecule has 1 fully saturated rings. The third-order valence-electron chi connectivity index (χ3n) is 3.27. The fraction of sp³-hybridized carbons (Fsp3) is 0.462. The molecule has 1 aromatic carbocycles. The first-order valence-corrected chi connectivity index (χ1v) is 5.89. The number of nitrogens with one attached hydrogen (secondary N) is 1. The van der Waals surface area contributed by atoms with Crippen LogP contribution < -0.4 is 20.5 Å². The maximum Gasteiger partial charge on any atom is 0.255 e. The molecule has 5 heteroatoms. The predicted octanol–water partition coefficient (Wildman–Crippen LogP) is 0.925. The van der Waals surface area contributed by atoms with Gasteiger partial charge in [-0.05, 0) is 25.0 Å². The predicted molar refractivity (Wildman–Crippen MR) is 68.0 cm³/mol. The molecule has 0 bridgehead atoms. The van der Waals surface area contributed by atoms with Gasteiger partial charge in [-0.2, -0.15) is 0 Å². The van der Waals surface area contributed by atoms with E-state index in [0.29, 0.717) is 23.6 Å². The van der Waals surface area contributed by atoms with Gasteiger partial charge in [0.2, 0.25) is 0 Å². The Bertz CT molecular complexity index is 456. The number of methoxy groups -OCH3 is 2. The Morgan fingerprint density at radius 3 is 2.61 bits per heavy atom. The lowest BCUT2D eigenvalue weighted by Gasteiger charge is -2.17. The zero-order chi connectivity index (χ0) is 13.2.